The van der Waals surface area contributed by atoms with Gasteiger partial charge in [0.25, 0.3) is 0 Å². The van der Waals surface area contributed by atoms with Crippen molar-refractivity contribution in [3.05, 3.63) is 35.4 Å². The van der Waals surface area contributed by atoms with Crippen LogP contribution in [0.15, 0.2) is 24.3 Å². The van der Waals surface area contributed by atoms with E-state index in [9.17, 15) is 0 Å². The summed E-state index contributed by atoms with van der Waals surface area (Å²) in [5, 5.41) is 8.63. The van der Waals surface area contributed by atoms with Crippen molar-refractivity contribution in [3.8, 4) is 6.07 Å². The molecule has 0 fully saturated rings. The van der Waals surface area contributed by atoms with Gasteiger partial charge in [-0.1, -0.05) is 19.1 Å². The molecule has 0 aliphatic rings. The maximum atomic E-state index is 8.63. The average Bonchev–Trinajstić information content (AvgIpc) is 2.17. The van der Waals surface area contributed by atoms with E-state index in [1.807, 2.05) is 25.1 Å². The van der Waals surface area contributed by atoms with Gasteiger partial charge in [-0.2, -0.15) is 5.26 Å². The van der Waals surface area contributed by atoms with Crippen molar-refractivity contribution < 1.29 is 0 Å². The van der Waals surface area contributed by atoms with Gasteiger partial charge in [0.1, 0.15) is 0 Å². The smallest absolute Gasteiger partial charge is 0.0991 e. The Morgan fingerprint density at radius 3 is 2.77 bits per heavy atom. The van der Waals surface area contributed by atoms with E-state index < -0.39 is 0 Å². The summed E-state index contributed by atoms with van der Waals surface area (Å²) in [7, 11) is 0. The number of nitrogens with two attached hydrogens (primary N) is 1. The second-order valence-corrected chi connectivity index (χ2v) is 2.75. The minimum atomic E-state index is 0. The molecular weight excluding hydrogens is 184 g/mol. The molecule has 0 amide bonds. The van der Waals surface area contributed by atoms with E-state index in [2.05, 4.69) is 6.07 Å². The highest BCUT2D eigenvalue weighted by Gasteiger charge is 2.02. The van der Waals surface area contributed by atoms with E-state index in [0.717, 1.165) is 12.0 Å². The standard InChI is InChI=1S/C10H12N2.ClH/c1-2-10(12)9-5-3-4-8(6-9)7-11;/h3-6,10H,2,12H2,1H3;1H. The van der Waals surface area contributed by atoms with Crippen LogP contribution in [0.3, 0.4) is 0 Å². The summed E-state index contributed by atoms with van der Waals surface area (Å²) in [6, 6.07) is 9.59. The Balaban J connectivity index is 0.00000144. The van der Waals surface area contributed by atoms with Crippen LogP contribution in [0, 0.1) is 11.3 Å². The Labute approximate surface area is 84.8 Å². The number of nitriles is 1. The number of nitrogens with zero attached hydrogens (tertiary/aromatic N) is 1. The molecule has 0 saturated heterocycles. The highest BCUT2D eigenvalue weighted by atomic mass is 35.5. The van der Waals surface area contributed by atoms with Crippen LogP contribution >= 0.6 is 12.4 Å². The van der Waals surface area contributed by atoms with Crippen LogP contribution in [0.1, 0.15) is 30.5 Å². The summed E-state index contributed by atoms with van der Waals surface area (Å²) in [4.78, 5) is 0. The highest BCUT2D eigenvalue weighted by Crippen LogP contribution is 2.14. The van der Waals surface area contributed by atoms with E-state index >= 15 is 0 Å². The van der Waals surface area contributed by atoms with Crippen LogP contribution in [0.4, 0.5) is 0 Å². The van der Waals surface area contributed by atoms with Gasteiger partial charge in [-0.05, 0) is 24.1 Å². The summed E-state index contributed by atoms with van der Waals surface area (Å²) in [5.74, 6) is 0. The van der Waals surface area contributed by atoms with Gasteiger partial charge in [-0.15, -0.1) is 12.4 Å². The first-order valence-corrected chi connectivity index (χ1v) is 4.03. The second-order valence-electron chi connectivity index (χ2n) is 2.75. The maximum absolute atomic E-state index is 8.63. The fourth-order valence-electron chi connectivity index (χ4n) is 1.07. The fourth-order valence-corrected chi connectivity index (χ4v) is 1.07. The topological polar surface area (TPSA) is 49.8 Å². The third-order valence-corrected chi connectivity index (χ3v) is 1.88. The molecule has 3 heteroatoms. The van der Waals surface area contributed by atoms with Crippen molar-refractivity contribution in [2.24, 2.45) is 5.73 Å². The molecule has 0 saturated carbocycles. The molecule has 0 heterocycles. The minimum Gasteiger partial charge on any atom is -0.324 e. The molecule has 0 radical (unpaired) electrons. The van der Waals surface area contributed by atoms with Gasteiger partial charge in [0, 0.05) is 6.04 Å². The second kappa shape index (κ2) is 5.58. The molecule has 2 N–H and O–H groups in total. The summed E-state index contributed by atoms with van der Waals surface area (Å²) >= 11 is 0. The summed E-state index contributed by atoms with van der Waals surface area (Å²) in [6.45, 7) is 2.03. The summed E-state index contributed by atoms with van der Waals surface area (Å²) in [6.07, 6.45) is 0.898. The Bertz CT molecular complexity index is 304. The largest absolute Gasteiger partial charge is 0.324 e. The van der Waals surface area contributed by atoms with E-state index in [1.165, 1.54) is 0 Å². The van der Waals surface area contributed by atoms with Gasteiger partial charge in [0.05, 0.1) is 11.6 Å². The molecule has 1 atom stereocenters. The molecule has 13 heavy (non-hydrogen) atoms. The van der Waals surface area contributed by atoms with Crippen molar-refractivity contribution in [2.75, 3.05) is 0 Å². The number of halogens is 1. The van der Waals surface area contributed by atoms with Crippen molar-refractivity contribution in [1.29, 1.82) is 5.26 Å². The van der Waals surface area contributed by atoms with Crippen LogP contribution in [0.2, 0.25) is 0 Å². The first kappa shape index (κ1) is 12.0. The molecule has 1 unspecified atom stereocenters. The van der Waals surface area contributed by atoms with Gasteiger partial charge < -0.3 is 5.73 Å². The summed E-state index contributed by atoms with van der Waals surface area (Å²) in [5.41, 5.74) is 7.52. The molecular formula is C10H13ClN2. The van der Waals surface area contributed by atoms with Gasteiger partial charge >= 0.3 is 0 Å². The van der Waals surface area contributed by atoms with Crippen LogP contribution < -0.4 is 5.73 Å². The fraction of sp³-hybridized carbons (Fsp3) is 0.300. The zero-order chi connectivity index (χ0) is 8.97. The zero-order valence-corrected chi connectivity index (χ0v) is 8.34. The molecule has 0 aromatic heterocycles. The van der Waals surface area contributed by atoms with Crippen molar-refractivity contribution in [1.82, 2.24) is 0 Å². The lowest BCUT2D eigenvalue weighted by Crippen LogP contribution is -2.08. The monoisotopic (exact) mass is 196 g/mol. The Morgan fingerprint density at radius 1 is 1.54 bits per heavy atom. The molecule has 0 aliphatic heterocycles. The maximum Gasteiger partial charge on any atom is 0.0991 e. The number of rotatable bonds is 2. The normalized spacial score (nSPS) is 11.2. The van der Waals surface area contributed by atoms with Gasteiger partial charge in [0.2, 0.25) is 0 Å². The third-order valence-electron chi connectivity index (χ3n) is 1.88. The quantitative estimate of drug-likeness (QED) is 0.790. The molecule has 1 aromatic rings. The minimum absolute atomic E-state index is 0. The number of hydrogen-bond acceptors (Lipinski definition) is 2. The van der Waals surface area contributed by atoms with Crippen molar-refractivity contribution in [2.45, 2.75) is 19.4 Å². The van der Waals surface area contributed by atoms with E-state index in [0.29, 0.717) is 5.56 Å². The van der Waals surface area contributed by atoms with Gasteiger partial charge in [-0.3, -0.25) is 0 Å². The van der Waals surface area contributed by atoms with Crippen LogP contribution in [0.5, 0.6) is 0 Å². The van der Waals surface area contributed by atoms with E-state index in [1.54, 1.807) is 6.07 Å². The predicted octanol–water partition coefficient (Wildman–Crippen LogP) is 2.39. The SMILES string of the molecule is CCC(N)c1cccc(C#N)c1.Cl. The lowest BCUT2D eigenvalue weighted by molar-refractivity contribution is 0.698. The first-order chi connectivity index (χ1) is 5.77. The Hall–Kier alpha value is -1.04. The lowest BCUT2D eigenvalue weighted by atomic mass is 10.0. The van der Waals surface area contributed by atoms with Crippen LogP contribution in [0.25, 0.3) is 0 Å². The molecule has 0 bridgehead atoms. The molecule has 2 nitrogen and oxygen atoms in total. The Kier molecular flexibility index (Phi) is 5.13. The molecule has 1 aromatic carbocycles. The third kappa shape index (κ3) is 3.06. The van der Waals surface area contributed by atoms with Gasteiger partial charge in [0.15, 0.2) is 0 Å². The van der Waals surface area contributed by atoms with Crippen LogP contribution in [-0.4, -0.2) is 0 Å². The molecule has 0 spiro atoms. The summed E-state index contributed by atoms with van der Waals surface area (Å²) < 4.78 is 0. The van der Waals surface area contributed by atoms with Gasteiger partial charge in [-0.25, -0.2) is 0 Å². The molecule has 70 valence electrons. The van der Waals surface area contributed by atoms with Crippen molar-refractivity contribution >= 4 is 12.4 Å². The number of hydrogen-bond donors (Lipinski definition) is 1. The number of benzene rings is 1. The Morgan fingerprint density at radius 2 is 2.23 bits per heavy atom. The predicted molar refractivity (Wildman–Crippen MR) is 55.6 cm³/mol. The highest BCUT2D eigenvalue weighted by molar-refractivity contribution is 5.85. The zero-order valence-electron chi connectivity index (χ0n) is 7.53. The van der Waals surface area contributed by atoms with Crippen molar-refractivity contribution in [3.63, 3.8) is 0 Å². The molecule has 0 aliphatic carbocycles. The first-order valence-electron chi connectivity index (χ1n) is 4.03. The van der Waals surface area contributed by atoms with E-state index in [4.69, 9.17) is 11.0 Å². The van der Waals surface area contributed by atoms with Crippen LogP contribution in [-0.2, 0) is 0 Å². The molecule has 1 rings (SSSR count). The lowest BCUT2D eigenvalue weighted by Gasteiger charge is -2.08. The average molecular weight is 197 g/mol. The van der Waals surface area contributed by atoms with E-state index in [-0.39, 0.29) is 18.4 Å².